The van der Waals surface area contributed by atoms with E-state index in [-0.39, 0.29) is 11.2 Å². The maximum atomic E-state index is 11.9. The number of carbonyl (C=O) groups is 1. The van der Waals surface area contributed by atoms with Crippen molar-refractivity contribution in [3.63, 3.8) is 0 Å². The van der Waals surface area contributed by atoms with Crippen molar-refractivity contribution < 1.29 is 9.53 Å². The van der Waals surface area contributed by atoms with Gasteiger partial charge in [-0.15, -0.1) is 0 Å². The number of rotatable bonds is 5. The van der Waals surface area contributed by atoms with Crippen molar-refractivity contribution in [2.24, 2.45) is 5.41 Å². The lowest BCUT2D eigenvalue weighted by molar-refractivity contribution is -0.125. The molecule has 0 amide bonds. The summed E-state index contributed by atoms with van der Waals surface area (Å²) in [5, 5.41) is 0.613. The van der Waals surface area contributed by atoms with Gasteiger partial charge in [0.1, 0.15) is 5.75 Å². The first-order valence-corrected chi connectivity index (χ1v) is 6.61. The Kier molecular flexibility index (Phi) is 5.21. The Bertz CT molecular complexity index is 407. The Morgan fingerprint density at radius 1 is 1.39 bits per heavy atom. The number of ether oxygens (including phenoxy) is 1. The zero-order chi connectivity index (χ0) is 13.8. The van der Waals surface area contributed by atoms with Crippen LogP contribution in [0, 0.1) is 5.41 Å². The predicted molar refractivity (Wildman–Crippen MR) is 75.2 cm³/mol. The molecule has 0 aromatic heterocycles. The second-order valence-electron chi connectivity index (χ2n) is 5.74. The van der Waals surface area contributed by atoms with Gasteiger partial charge >= 0.3 is 0 Å². The van der Waals surface area contributed by atoms with Gasteiger partial charge in [0.2, 0.25) is 0 Å². The fourth-order valence-corrected chi connectivity index (χ4v) is 1.69. The highest BCUT2D eigenvalue weighted by Gasteiger charge is 2.18. The van der Waals surface area contributed by atoms with E-state index in [2.05, 4.69) is 20.8 Å². The molecule has 1 atom stereocenters. The van der Waals surface area contributed by atoms with Crippen LogP contribution in [0.2, 0.25) is 5.02 Å². The van der Waals surface area contributed by atoms with E-state index in [9.17, 15) is 4.79 Å². The molecule has 0 saturated heterocycles. The number of halogens is 1. The average molecular weight is 269 g/mol. The molecule has 0 aliphatic rings. The second kappa shape index (κ2) is 6.24. The summed E-state index contributed by atoms with van der Waals surface area (Å²) in [7, 11) is 0. The summed E-state index contributed by atoms with van der Waals surface area (Å²) in [6.07, 6.45) is 0.992. The number of carbonyl (C=O) groups excluding carboxylic acids is 1. The smallest absolute Gasteiger partial charge is 0.173 e. The third-order valence-corrected chi connectivity index (χ3v) is 2.92. The molecule has 0 aliphatic carbocycles. The van der Waals surface area contributed by atoms with E-state index in [1.807, 2.05) is 6.07 Å². The van der Waals surface area contributed by atoms with Crippen molar-refractivity contribution >= 4 is 17.4 Å². The van der Waals surface area contributed by atoms with Crippen LogP contribution in [0.3, 0.4) is 0 Å². The van der Waals surface area contributed by atoms with Gasteiger partial charge in [0.25, 0.3) is 0 Å². The average Bonchev–Trinajstić information content (AvgIpc) is 2.24. The van der Waals surface area contributed by atoms with Crippen LogP contribution in [0.15, 0.2) is 24.3 Å². The lowest BCUT2D eigenvalue weighted by atomic mass is 9.89. The molecule has 2 nitrogen and oxygen atoms in total. The van der Waals surface area contributed by atoms with Crippen LogP contribution in [-0.4, -0.2) is 11.9 Å². The van der Waals surface area contributed by atoms with Crippen molar-refractivity contribution in [2.75, 3.05) is 0 Å². The van der Waals surface area contributed by atoms with Gasteiger partial charge in [-0.3, -0.25) is 4.79 Å². The first kappa shape index (κ1) is 15.0. The van der Waals surface area contributed by atoms with Crippen molar-refractivity contribution in [1.29, 1.82) is 0 Å². The summed E-state index contributed by atoms with van der Waals surface area (Å²) in [6, 6.07) is 7.11. The van der Waals surface area contributed by atoms with Crippen molar-refractivity contribution in [2.45, 2.75) is 46.6 Å². The van der Waals surface area contributed by atoms with E-state index in [0.717, 1.165) is 6.42 Å². The lowest BCUT2D eigenvalue weighted by Crippen LogP contribution is -2.24. The van der Waals surface area contributed by atoms with Crippen LogP contribution in [0.25, 0.3) is 0 Å². The summed E-state index contributed by atoms with van der Waals surface area (Å²) < 4.78 is 5.59. The number of benzene rings is 1. The fourth-order valence-electron chi connectivity index (χ4n) is 1.51. The third kappa shape index (κ3) is 5.54. The SMILES string of the molecule is CC(Oc1cccc(Cl)c1)C(=O)CCC(C)(C)C. The second-order valence-corrected chi connectivity index (χ2v) is 6.18. The van der Waals surface area contributed by atoms with Crippen LogP contribution in [0.4, 0.5) is 0 Å². The van der Waals surface area contributed by atoms with Gasteiger partial charge in [0, 0.05) is 11.4 Å². The molecule has 0 fully saturated rings. The largest absolute Gasteiger partial charge is 0.483 e. The highest BCUT2D eigenvalue weighted by molar-refractivity contribution is 6.30. The Hall–Kier alpha value is -1.02. The van der Waals surface area contributed by atoms with Gasteiger partial charge in [0.05, 0.1) is 0 Å². The van der Waals surface area contributed by atoms with Crippen LogP contribution in [0.1, 0.15) is 40.5 Å². The monoisotopic (exact) mass is 268 g/mol. The zero-order valence-electron chi connectivity index (χ0n) is 11.5. The Morgan fingerprint density at radius 2 is 2.06 bits per heavy atom. The van der Waals surface area contributed by atoms with Gasteiger partial charge in [-0.1, -0.05) is 38.4 Å². The van der Waals surface area contributed by atoms with Crippen LogP contribution < -0.4 is 4.74 Å². The molecule has 3 heteroatoms. The lowest BCUT2D eigenvalue weighted by Gasteiger charge is -2.19. The summed E-state index contributed by atoms with van der Waals surface area (Å²) in [6.45, 7) is 8.17. The molecule has 0 saturated carbocycles. The van der Waals surface area contributed by atoms with Crippen molar-refractivity contribution in [1.82, 2.24) is 0 Å². The number of Topliss-reactive ketones (excluding diaryl/α,β-unsaturated/α-hetero) is 1. The maximum Gasteiger partial charge on any atom is 0.173 e. The molecule has 1 aromatic carbocycles. The molecule has 18 heavy (non-hydrogen) atoms. The first-order valence-electron chi connectivity index (χ1n) is 6.23. The standard InChI is InChI=1S/C15H21ClO2/c1-11(14(17)8-9-15(2,3)4)18-13-7-5-6-12(16)10-13/h5-7,10-11H,8-9H2,1-4H3. The van der Waals surface area contributed by atoms with E-state index < -0.39 is 6.10 Å². The molecular weight excluding hydrogens is 248 g/mol. The minimum Gasteiger partial charge on any atom is -0.483 e. The number of hydrogen-bond donors (Lipinski definition) is 0. The van der Waals surface area contributed by atoms with Crippen LogP contribution >= 0.6 is 11.6 Å². The van der Waals surface area contributed by atoms with Crippen LogP contribution in [-0.2, 0) is 4.79 Å². The van der Waals surface area contributed by atoms with E-state index in [1.54, 1.807) is 25.1 Å². The van der Waals surface area contributed by atoms with Gasteiger partial charge in [-0.25, -0.2) is 0 Å². The summed E-state index contributed by atoms with van der Waals surface area (Å²) in [5.74, 6) is 0.768. The molecule has 0 heterocycles. The maximum absolute atomic E-state index is 11.9. The summed E-state index contributed by atoms with van der Waals surface area (Å²) >= 11 is 5.86. The topological polar surface area (TPSA) is 26.3 Å². The van der Waals surface area contributed by atoms with Crippen LogP contribution in [0.5, 0.6) is 5.75 Å². The normalized spacial score (nSPS) is 13.2. The van der Waals surface area contributed by atoms with E-state index in [0.29, 0.717) is 17.2 Å². The zero-order valence-corrected chi connectivity index (χ0v) is 12.3. The number of hydrogen-bond acceptors (Lipinski definition) is 2. The first-order chi connectivity index (χ1) is 8.28. The molecule has 0 N–H and O–H groups in total. The van der Waals surface area contributed by atoms with Gasteiger partial charge in [-0.05, 0) is 37.0 Å². The molecular formula is C15H21ClO2. The minimum atomic E-state index is -0.425. The third-order valence-electron chi connectivity index (χ3n) is 2.68. The van der Waals surface area contributed by atoms with Gasteiger partial charge < -0.3 is 4.74 Å². The van der Waals surface area contributed by atoms with E-state index in [4.69, 9.17) is 16.3 Å². The fraction of sp³-hybridized carbons (Fsp3) is 0.533. The number of ketones is 1. The minimum absolute atomic E-state index is 0.130. The Balaban J connectivity index is 2.50. The van der Waals surface area contributed by atoms with Gasteiger partial charge in [0.15, 0.2) is 11.9 Å². The molecule has 0 aliphatic heterocycles. The van der Waals surface area contributed by atoms with Crippen molar-refractivity contribution in [3.05, 3.63) is 29.3 Å². The molecule has 1 unspecified atom stereocenters. The molecule has 1 aromatic rings. The predicted octanol–water partition coefficient (Wildman–Crippen LogP) is 4.50. The molecule has 1 rings (SSSR count). The molecule has 0 bridgehead atoms. The van der Waals surface area contributed by atoms with E-state index in [1.165, 1.54) is 0 Å². The molecule has 100 valence electrons. The highest BCUT2D eigenvalue weighted by Crippen LogP contribution is 2.22. The quantitative estimate of drug-likeness (QED) is 0.786. The molecule has 0 radical (unpaired) electrons. The van der Waals surface area contributed by atoms with E-state index >= 15 is 0 Å². The Morgan fingerprint density at radius 3 is 2.61 bits per heavy atom. The summed E-state index contributed by atoms with van der Waals surface area (Å²) in [5.41, 5.74) is 0.172. The molecule has 0 spiro atoms. The van der Waals surface area contributed by atoms with Crippen molar-refractivity contribution in [3.8, 4) is 5.75 Å². The van der Waals surface area contributed by atoms with Gasteiger partial charge in [-0.2, -0.15) is 0 Å². The highest BCUT2D eigenvalue weighted by atomic mass is 35.5. The summed E-state index contributed by atoms with van der Waals surface area (Å²) in [4.78, 5) is 11.9. The Labute approximate surface area is 114 Å².